The molecule has 1 unspecified atom stereocenters. The lowest BCUT2D eigenvalue weighted by atomic mass is 10.0. The Morgan fingerprint density at radius 2 is 2.00 bits per heavy atom. The molecular formula is C13H20N+. The molecule has 0 aliphatic heterocycles. The zero-order chi connectivity index (χ0) is 10.2. The van der Waals surface area contributed by atoms with Crippen LogP contribution in [0, 0.1) is 5.92 Å². The van der Waals surface area contributed by atoms with Gasteiger partial charge in [0.1, 0.15) is 6.54 Å². The fraction of sp³-hybridized carbons (Fsp3) is 0.462. The number of nitrogens with zero attached hydrogens (tertiary/aromatic N) is 1. The Balaban J connectivity index is 2.25. The largest absolute Gasteiger partial charge is 0.205 e. The van der Waals surface area contributed by atoms with Gasteiger partial charge >= 0.3 is 0 Å². The van der Waals surface area contributed by atoms with Crippen molar-refractivity contribution in [1.82, 2.24) is 0 Å². The highest BCUT2D eigenvalue weighted by Gasteiger charge is 2.03. The van der Waals surface area contributed by atoms with Crippen LogP contribution in [0.5, 0.6) is 0 Å². The van der Waals surface area contributed by atoms with Gasteiger partial charge in [0.05, 0.1) is 0 Å². The van der Waals surface area contributed by atoms with Crippen molar-refractivity contribution in [3.63, 3.8) is 0 Å². The van der Waals surface area contributed by atoms with E-state index in [0.29, 0.717) is 5.92 Å². The summed E-state index contributed by atoms with van der Waals surface area (Å²) >= 11 is 0. The molecule has 0 radical (unpaired) electrons. The summed E-state index contributed by atoms with van der Waals surface area (Å²) in [6.45, 7) is 7.19. The smallest absolute Gasteiger partial charge is 0.168 e. The van der Waals surface area contributed by atoms with E-state index in [1.807, 2.05) is 0 Å². The SMILES string of the molecule is C=CC(CC)CCC[n+]1ccccc1. The number of hydrogen-bond acceptors (Lipinski definition) is 0. The van der Waals surface area contributed by atoms with Gasteiger partial charge in [-0.2, -0.15) is 0 Å². The van der Waals surface area contributed by atoms with Gasteiger partial charge in [-0.3, -0.25) is 0 Å². The van der Waals surface area contributed by atoms with E-state index >= 15 is 0 Å². The minimum atomic E-state index is 0.694. The average molecular weight is 190 g/mol. The van der Waals surface area contributed by atoms with Crippen molar-refractivity contribution >= 4 is 0 Å². The van der Waals surface area contributed by atoms with Gasteiger partial charge in [-0.1, -0.05) is 19.1 Å². The fourth-order valence-corrected chi connectivity index (χ4v) is 1.61. The lowest BCUT2D eigenvalue weighted by Gasteiger charge is -2.06. The van der Waals surface area contributed by atoms with Crippen molar-refractivity contribution in [3.8, 4) is 0 Å². The number of allylic oxidation sites excluding steroid dienone is 1. The summed E-state index contributed by atoms with van der Waals surface area (Å²) in [4.78, 5) is 0. The molecule has 0 bridgehead atoms. The Labute approximate surface area is 87.1 Å². The molecule has 1 rings (SSSR count). The van der Waals surface area contributed by atoms with Gasteiger partial charge in [0, 0.05) is 18.6 Å². The van der Waals surface area contributed by atoms with Gasteiger partial charge in [-0.25, -0.2) is 4.57 Å². The summed E-state index contributed by atoms with van der Waals surface area (Å²) in [6.07, 6.45) is 10.0. The lowest BCUT2D eigenvalue weighted by molar-refractivity contribution is -0.697. The van der Waals surface area contributed by atoms with Crippen LogP contribution in [0.2, 0.25) is 0 Å². The first-order valence-electron chi connectivity index (χ1n) is 5.43. The van der Waals surface area contributed by atoms with Gasteiger partial charge in [0.2, 0.25) is 0 Å². The Hall–Kier alpha value is -1.11. The summed E-state index contributed by atoms with van der Waals surface area (Å²) in [6, 6.07) is 6.20. The summed E-state index contributed by atoms with van der Waals surface area (Å²) in [5.41, 5.74) is 0. The molecule has 1 aromatic heterocycles. The quantitative estimate of drug-likeness (QED) is 0.479. The van der Waals surface area contributed by atoms with Crippen molar-refractivity contribution in [2.24, 2.45) is 5.92 Å². The Kier molecular flexibility index (Phi) is 4.98. The van der Waals surface area contributed by atoms with E-state index in [1.54, 1.807) is 0 Å². The zero-order valence-corrected chi connectivity index (χ0v) is 9.02. The molecule has 0 aromatic carbocycles. The second-order valence-corrected chi connectivity index (χ2v) is 3.66. The third kappa shape index (κ3) is 3.73. The van der Waals surface area contributed by atoms with E-state index in [9.17, 15) is 0 Å². The second-order valence-electron chi connectivity index (χ2n) is 3.66. The van der Waals surface area contributed by atoms with Crippen LogP contribution in [-0.2, 0) is 6.54 Å². The van der Waals surface area contributed by atoms with E-state index in [-0.39, 0.29) is 0 Å². The lowest BCUT2D eigenvalue weighted by Crippen LogP contribution is -2.32. The standard InChI is InChI=1S/C13H20N/c1-3-13(4-2)9-8-12-14-10-6-5-7-11-14/h3,5-7,10-11,13H,1,4,8-9,12H2,2H3/q+1. The van der Waals surface area contributed by atoms with Crippen molar-refractivity contribution in [2.45, 2.75) is 32.7 Å². The third-order valence-corrected chi connectivity index (χ3v) is 2.63. The number of aromatic nitrogens is 1. The minimum Gasteiger partial charge on any atom is -0.205 e. The predicted molar refractivity (Wildman–Crippen MR) is 59.8 cm³/mol. The van der Waals surface area contributed by atoms with Crippen LogP contribution in [0.25, 0.3) is 0 Å². The van der Waals surface area contributed by atoms with E-state index in [1.165, 1.54) is 19.3 Å². The number of rotatable bonds is 6. The van der Waals surface area contributed by atoms with Crippen molar-refractivity contribution in [1.29, 1.82) is 0 Å². The summed E-state index contributed by atoms with van der Waals surface area (Å²) in [5, 5.41) is 0. The third-order valence-electron chi connectivity index (χ3n) is 2.63. The van der Waals surface area contributed by atoms with Gasteiger partial charge in [0.15, 0.2) is 12.4 Å². The maximum Gasteiger partial charge on any atom is 0.168 e. The maximum absolute atomic E-state index is 3.85. The highest BCUT2D eigenvalue weighted by molar-refractivity contribution is 4.83. The predicted octanol–water partition coefficient (Wildman–Crippen LogP) is 2.97. The van der Waals surface area contributed by atoms with E-state index in [4.69, 9.17) is 0 Å². The normalized spacial score (nSPS) is 12.4. The Bertz CT molecular complexity index is 253. The molecule has 0 fully saturated rings. The van der Waals surface area contributed by atoms with E-state index < -0.39 is 0 Å². The molecule has 1 heterocycles. The van der Waals surface area contributed by atoms with Crippen LogP contribution in [0.1, 0.15) is 26.2 Å². The molecule has 1 atom stereocenters. The van der Waals surface area contributed by atoms with E-state index in [0.717, 1.165) is 6.54 Å². The van der Waals surface area contributed by atoms with Gasteiger partial charge in [-0.15, -0.1) is 6.58 Å². The van der Waals surface area contributed by atoms with Crippen LogP contribution in [-0.4, -0.2) is 0 Å². The van der Waals surface area contributed by atoms with E-state index in [2.05, 4.69) is 54.7 Å². The topological polar surface area (TPSA) is 3.88 Å². The summed E-state index contributed by atoms with van der Waals surface area (Å²) in [7, 11) is 0. The first-order chi connectivity index (χ1) is 6.86. The number of pyridine rings is 1. The van der Waals surface area contributed by atoms with Crippen molar-refractivity contribution < 1.29 is 4.57 Å². The zero-order valence-electron chi connectivity index (χ0n) is 9.02. The van der Waals surface area contributed by atoms with Crippen LogP contribution in [0.15, 0.2) is 43.2 Å². The van der Waals surface area contributed by atoms with Crippen LogP contribution in [0.4, 0.5) is 0 Å². The number of aryl methyl sites for hydroxylation is 1. The molecule has 0 spiro atoms. The molecule has 0 saturated heterocycles. The Morgan fingerprint density at radius 3 is 2.57 bits per heavy atom. The highest BCUT2D eigenvalue weighted by Crippen LogP contribution is 2.11. The molecule has 0 aliphatic carbocycles. The highest BCUT2D eigenvalue weighted by atomic mass is 14.9. The molecule has 0 N–H and O–H groups in total. The molecule has 1 heteroatoms. The molecule has 14 heavy (non-hydrogen) atoms. The maximum atomic E-state index is 3.85. The molecule has 0 aliphatic rings. The second kappa shape index (κ2) is 6.36. The molecule has 1 aromatic rings. The first kappa shape index (κ1) is 11.0. The Morgan fingerprint density at radius 1 is 1.29 bits per heavy atom. The minimum absolute atomic E-state index is 0.694. The molecule has 1 nitrogen and oxygen atoms in total. The van der Waals surface area contributed by atoms with Gasteiger partial charge in [0.25, 0.3) is 0 Å². The monoisotopic (exact) mass is 190 g/mol. The molecule has 0 saturated carbocycles. The van der Waals surface area contributed by atoms with Crippen molar-refractivity contribution in [2.75, 3.05) is 0 Å². The molecular weight excluding hydrogens is 170 g/mol. The van der Waals surface area contributed by atoms with Gasteiger partial charge < -0.3 is 0 Å². The number of hydrogen-bond donors (Lipinski definition) is 0. The van der Waals surface area contributed by atoms with Crippen molar-refractivity contribution in [3.05, 3.63) is 43.2 Å². The molecule has 76 valence electrons. The summed E-state index contributed by atoms with van der Waals surface area (Å²) in [5.74, 6) is 0.694. The molecule has 0 amide bonds. The van der Waals surface area contributed by atoms with Crippen LogP contribution in [0.3, 0.4) is 0 Å². The average Bonchev–Trinajstić information content (AvgIpc) is 2.26. The fourth-order valence-electron chi connectivity index (χ4n) is 1.61. The van der Waals surface area contributed by atoms with Gasteiger partial charge in [-0.05, 0) is 18.8 Å². The van der Waals surface area contributed by atoms with Crippen LogP contribution < -0.4 is 4.57 Å². The van der Waals surface area contributed by atoms with Crippen LogP contribution >= 0.6 is 0 Å². The summed E-state index contributed by atoms with van der Waals surface area (Å²) < 4.78 is 2.23. The first-order valence-corrected chi connectivity index (χ1v) is 5.43.